The molecule has 0 radical (unpaired) electrons. The first-order chi connectivity index (χ1) is 8.58. The number of nitrogens with one attached hydrogen (secondary N) is 1. The molecule has 0 atom stereocenters. The Morgan fingerprint density at radius 2 is 2.11 bits per heavy atom. The average molecular weight is 255 g/mol. The van der Waals surface area contributed by atoms with E-state index in [0.717, 1.165) is 12.8 Å². The van der Waals surface area contributed by atoms with Gasteiger partial charge in [-0.05, 0) is 18.9 Å². The minimum Gasteiger partial charge on any atom is -0.478 e. The van der Waals surface area contributed by atoms with E-state index >= 15 is 0 Å². The lowest BCUT2D eigenvalue weighted by atomic mass is 9.83. The molecule has 1 heterocycles. The molecular formula is C13H21NO4. The summed E-state index contributed by atoms with van der Waals surface area (Å²) in [6, 6.07) is 1.44. The zero-order chi connectivity index (χ0) is 13.6. The summed E-state index contributed by atoms with van der Waals surface area (Å²) >= 11 is 0. The quantitative estimate of drug-likeness (QED) is 0.660. The third kappa shape index (κ3) is 3.34. The van der Waals surface area contributed by atoms with E-state index in [9.17, 15) is 9.90 Å². The maximum atomic E-state index is 10.9. The highest BCUT2D eigenvalue weighted by atomic mass is 16.4. The summed E-state index contributed by atoms with van der Waals surface area (Å²) in [5.41, 5.74) is 0.0424. The van der Waals surface area contributed by atoms with Gasteiger partial charge in [0.2, 0.25) is 0 Å². The second kappa shape index (κ2) is 6.56. The third-order valence-corrected chi connectivity index (χ3v) is 3.60. The van der Waals surface area contributed by atoms with Gasteiger partial charge in [-0.15, -0.1) is 0 Å². The van der Waals surface area contributed by atoms with Crippen LogP contribution in [0.1, 0.15) is 42.8 Å². The minimum absolute atomic E-state index is 0.122. The largest absolute Gasteiger partial charge is 0.478 e. The summed E-state index contributed by atoms with van der Waals surface area (Å²) < 4.78 is 5.14. The first-order valence-electron chi connectivity index (χ1n) is 6.19. The van der Waals surface area contributed by atoms with Gasteiger partial charge in [-0.2, -0.15) is 0 Å². The van der Waals surface area contributed by atoms with Crippen LogP contribution in [0.25, 0.3) is 0 Å². The van der Waals surface area contributed by atoms with Crippen molar-refractivity contribution in [2.75, 3.05) is 13.2 Å². The molecule has 18 heavy (non-hydrogen) atoms. The molecule has 1 aromatic heterocycles. The number of carbonyl (C=O) groups is 1. The smallest absolute Gasteiger partial charge is 0.339 e. The van der Waals surface area contributed by atoms with Crippen LogP contribution in [0.3, 0.4) is 0 Å². The van der Waals surface area contributed by atoms with Crippen molar-refractivity contribution in [3.63, 3.8) is 0 Å². The number of hydrogen-bond acceptors (Lipinski definition) is 4. The highest BCUT2D eigenvalue weighted by Gasteiger charge is 2.25. The molecule has 5 nitrogen and oxygen atoms in total. The average Bonchev–Trinajstić information content (AvgIpc) is 2.84. The molecule has 0 saturated carbocycles. The number of carboxylic acids is 1. The molecule has 1 rings (SSSR count). The van der Waals surface area contributed by atoms with Crippen LogP contribution >= 0.6 is 0 Å². The Kier molecular flexibility index (Phi) is 5.37. The molecule has 102 valence electrons. The summed E-state index contributed by atoms with van der Waals surface area (Å²) in [6.07, 6.45) is 3.12. The van der Waals surface area contributed by atoms with Gasteiger partial charge < -0.3 is 19.9 Å². The van der Waals surface area contributed by atoms with Crippen molar-refractivity contribution in [1.29, 1.82) is 0 Å². The summed E-state index contributed by atoms with van der Waals surface area (Å²) in [6.45, 7) is 5.19. The van der Waals surface area contributed by atoms with Gasteiger partial charge in [0.15, 0.2) is 0 Å². The van der Waals surface area contributed by atoms with Gasteiger partial charge in [-0.3, -0.25) is 0 Å². The Bertz CT molecular complexity index is 374. The lowest BCUT2D eigenvalue weighted by Crippen LogP contribution is -2.36. The molecule has 0 fully saturated rings. The molecule has 0 aromatic carbocycles. The van der Waals surface area contributed by atoms with Crippen LogP contribution < -0.4 is 5.32 Å². The van der Waals surface area contributed by atoms with Crippen molar-refractivity contribution in [3.05, 3.63) is 23.7 Å². The predicted molar refractivity (Wildman–Crippen MR) is 67.5 cm³/mol. The van der Waals surface area contributed by atoms with Gasteiger partial charge in [0.1, 0.15) is 11.3 Å². The first kappa shape index (κ1) is 14.7. The predicted octanol–water partition coefficient (Wildman–Crippen LogP) is 1.87. The number of aliphatic hydroxyl groups excluding tert-OH is 1. The topological polar surface area (TPSA) is 82.7 Å². The maximum Gasteiger partial charge on any atom is 0.339 e. The second-order valence-corrected chi connectivity index (χ2v) is 4.53. The number of rotatable bonds is 8. The molecule has 5 heteroatoms. The van der Waals surface area contributed by atoms with Crippen molar-refractivity contribution in [2.45, 2.75) is 33.2 Å². The standard InChI is InChI=1S/C13H21NO4/c1-3-13(4-2,9-15)8-14-7-11-10(12(16)17)5-6-18-11/h5-6,14-15H,3-4,7-9H2,1-2H3,(H,16,17). The van der Waals surface area contributed by atoms with Crippen molar-refractivity contribution < 1.29 is 19.4 Å². The molecule has 0 saturated heterocycles. The molecule has 0 amide bonds. The van der Waals surface area contributed by atoms with E-state index in [-0.39, 0.29) is 17.6 Å². The fraction of sp³-hybridized carbons (Fsp3) is 0.615. The van der Waals surface area contributed by atoms with Gasteiger partial charge in [0, 0.05) is 18.6 Å². The van der Waals surface area contributed by atoms with Crippen LogP contribution in [0.15, 0.2) is 16.7 Å². The van der Waals surface area contributed by atoms with E-state index in [0.29, 0.717) is 18.8 Å². The summed E-state index contributed by atoms with van der Waals surface area (Å²) in [5, 5.41) is 21.5. The normalized spacial score (nSPS) is 11.7. The zero-order valence-corrected chi connectivity index (χ0v) is 10.9. The monoisotopic (exact) mass is 255 g/mol. The molecule has 0 aliphatic rings. The number of hydrogen-bond donors (Lipinski definition) is 3. The van der Waals surface area contributed by atoms with Crippen molar-refractivity contribution >= 4 is 5.97 Å². The Morgan fingerprint density at radius 3 is 2.61 bits per heavy atom. The SMILES string of the molecule is CCC(CC)(CO)CNCc1occc1C(=O)O. The first-order valence-corrected chi connectivity index (χ1v) is 6.19. The van der Waals surface area contributed by atoms with Crippen LogP contribution in [0.4, 0.5) is 0 Å². The summed E-state index contributed by atoms with van der Waals surface area (Å²) in [7, 11) is 0. The Labute approximate surface area is 107 Å². The van der Waals surface area contributed by atoms with Gasteiger partial charge in [0.05, 0.1) is 12.8 Å². The fourth-order valence-electron chi connectivity index (χ4n) is 1.89. The van der Waals surface area contributed by atoms with Gasteiger partial charge >= 0.3 is 5.97 Å². The van der Waals surface area contributed by atoms with E-state index in [2.05, 4.69) is 5.32 Å². The summed E-state index contributed by atoms with van der Waals surface area (Å²) in [4.78, 5) is 10.9. The van der Waals surface area contributed by atoms with E-state index < -0.39 is 5.97 Å². The maximum absolute atomic E-state index is 10.9. The van der Waals surface area contributed by atoms with E-state index in [1.807, 2.05) is 13.8 Å². The van der Waals surface area contributed by atoms with E-state index in [4.69, 9.17) is 9.52 Å². The fourth-order valence-corrected chi connectivity index (χ4v) is 1.89. The van der Waals surface area contributed by atoms with Crippen LogP contribution in [0.5, 0.6) is 0 Å². The number of furan rings is 1. The van der Waals surface area contributed by atoms with Crippen molar-refractivity contribution in [1.82, 2.24) is 5.32 Å². The number of aliphatic hydroxyl groups is 1. The minimum atomic E-state index is -0.986. The van der Waals surface area contributed by atoms with E-state index in [1.54, 1.807) is 0 Å². The summed E-state index contributed by atoms with van der Waals surface area (Å²) in [5.74, 6) is -0.568. The van der Waals surface area contributed by atoms with Crippen LogP contribution in [0.2, 0.25) is 0 Å². The van der Waals surface area contributed by atoms with Gasteiger partial charge in [0.25, 0.3) is 0 Å². The van der Waals surface area contributed by atoms with Crippen molar-refractivity contribution in [3.8, 4) is 0 Å². The van der Waals surface area contributed by atoms with E-state index in [1.165, 1.54) is 12.3 Å². The van der Waals surface area contributed by atoms with Crippen LogP contribution in [0, 0.1) is 5.41 Å². The molecule has 1 aromatic rings. The number of aromatic carboxylic acids is 1. The molecule has 0 aliphatic carbocycles. The lowest BCUT2D eigenvalue weighted by Gasteiger charge is -2.29. The van der Waals surface area contributed by atoms with Gasteiger partial charge in [-0.25, -0.2) is 4.79 Å². The zero-order valence-electron chi connectivity index (χ0n) is 10.9. The Hall–Kier alpha value is -1.33. The van der Waals surface area contributed by atoms with Crippen LogP contribution in [-0.2, 0) is 6.54 Å². The van der Waals surface area contributed by atoms with Crippen molar-refractivity contribution in [2.24, 2.45) is 5.41 Å². The second-order valence-electron chi connectivity index (χ2n) is 4.53. The Balaban J connectivity index is 2.55. The molecule has 0 spiro atoms. The molecule has 0 aliphatic heterocycles. The van der Waals surface area contributed by atoms with Crippen LogP contribution in [-0.4, -0.2) is 29.3 Å². The molecule has 0 bridgehead atoms. The van der Waals surface area contributed by atoms with Gasteiger partial charge in [-0.1, -0.05) is 13.8 Å². The molecule has 3 N–H and O–H groups in total. The molecule has 0 unspecified atom stereocenters. The Morgan fingerprint density at radius 1 is 1.44 bits per heavy atom. The lowest BCUT2D eigenvalue weighted by molar-refractivity contribution is 0.0693. The highest BCUT2D eigenvalue weighted by Crippen LogP contribution is 2.24. The number of carboxylic acid groups (broad SMARTS) is 1. The molecular weight excluding hydrogens is 234 g/mol. The third-order valence-electron chi connectivity index (χ3n) is 3.60. The highest BCUT2D eigenvalue weighted by molar-refractivity contribution is 5.88.